The van der Waals surface area contributed by atoms with Gasteiger partial charge in [0.15, 0.2) is 5.82 Å². The van der Waals surface area contributed by atoms with Crippen LogP contribution in [0.2, 0.25) is 0 Å². The van der Waals surface area contributed by atoms with Gasteiger partial charge in [-0.15, -0.1) is 0 Å². The zero-order valence-corrected chi connectivity index (χ0v) is 8.04. The van der Waals surface area contributed by atoms with Crippen LogP contribution in [0.1, 0.15) is 5.56 Å². The van der Waals surface area contributed by atoms with Crippen molar-refractivity contribution in [2.24, 2.45) is 0 Å². The third kappa shape index (κ3) is 1.98. The topological polar surface area (TPSA) is 25.8 Å². The summed E-state index contributed by atoms with van der Waals surface area (Å²) in [4.78, 5) is 7.43. The van der Waals surface area contributed by atoms with E-state index >= 15 is 0 Å². The van der Waals surface area contributed by atoms with Crippen molar-refractivity contribution >= 4 is 0 Å². The highest BCUT2D eigenvalue weighted by molar-refractivity contribution is 5.55. The van der Waals surface area contributed by atoms with Gasteiger partial charge in [-0.1, -0.05) is 12.1 Å². The summed E-state index contributed by atoms with van der Waals surface area (Å²) in [6.45, 7) is 1.66. The Morgan fingerprint density at radius 3 is 2.60 bits per heavy atom. The van der Waals surface area contributed by atoms with E-state index in [1.807, 2.05) is 0 Å². The van der Waals surface area contributed by atoms with Crippen LogP contribution in [-0.4, -0.2) is 9.97 Å². The molecule has 0 fully saturated rings. The van der Waals surface area contributed by atoms with Crippen LogP contribution in [0.15, 0.2) is 30.5 Å². The summed E-state index contributed by atoms with van der Waals surface area (Å²) < 4.78 is 26.0. The molecule has 1 aromatic carbocycles. The Morgan fingerprint density at radius 2 is 1.93 bits per heavy atom. The molecule has 0 aliphatic carbocycles. The maximum Gasteiger partial charge on any atom is 0.216 e. The monoisotopic (exact) mass is 206 g/mol. The molecule has 2 aromatic rings. The third-order valence-electron chi connectivity index (χ3n) is 2.05. The molecule has 0 amide bonds. The van der Waals surface area contributed by atoms with E-state index in [1.54, 1.807) is 19.1 Å². The Labute approximate surface area is 85.6 Å². The normalized spacial score (nSPS) is 10.3. The van der Waals surface area contributed by atoms with Crippen LogP contribution >= 0.6 is 0 Å². The maximum atomic E-state index is 13.2. The van der Waals surface area contributed by atoms with Crippen LogP contribution in [0.3, 0.4) is 0 Å². The number of halogens is 2. The zero-order chi connectivity index (χ0) is 10.8. The molecule has 0 aliphatic rings. The zero-order valence-electron chi connectivity index (χ0n) is 8.04. The van der Waals surface area contributed by atoms with Crippen molar-refractivity contribution in [3.63, 3.8) is 0 Å². The lowest BCUT2D eigenvalue weighted by molar-refractivity contribution is 0.581. The molecule has 0 saturated carbocycles. The first-order chi connectivity index (χ1) is 7.16. The van der Waals surface area contributed by atoms with Gasteiger partial charge in [-0.3, -0.25) is 0 Å². The molecular weight excluding hydrogens is 198 g/mol. The lowest BCUT2D eigenvalue weighted by Gasteiger charge is -2.01. The molecule has 0 aliphatic heterocycles. The van der Waals surface area contributed by atoms with E-state index in [2.05, 4.69) is 9.97 Å². The Kier molecular flexibility index (Phi) is 2.41. The molecule has 76 valence electrons. The van der Waals surface area contributed by atoms with Crippen LogP contribution in [0, 0.1) is 18.7 Å². The van der Waals surface area contributed by atoms with Gasteiger partial charge < -0.3 is 0 Å². The first-order valence-corrected chi connectivity index (χ1v) is 4.42. The van der Waals surface area contributed by atoms with Crippen molar-refractivity contribution in [1.82, 2.24) is 9.97 Å². The van der Waals surface area contributed by atoms with Crippen LogP contribution < -0.4 is 0 Å². The van der Waals surface area contributed by atoms with Gasteiger partial charge in [-0.05, 0) is 18.6 Å². The number of hydrogen-bond acceptors (Lipinski definition) is 2. The molecule has 4 heteroatoms. The highest BCUT2D eigenvalue weighted by atomic mass is 19.1. The number of aryl methyl sites for hydroxylation is 1. The summed E-state index contributed by atoms with van der Waals surface area (Å²) in [6.07, 6.45) is 1.30. The smallest absolute Gasteiger partial charge is 0.216 e. The van der Waals surface area contributed by atoms with Crippen LogP contribution in [-0.2, 0) is 0 Å². The lowest BCUT2D eigenvalue weighted by atomic mass is 10.1. The number of benzene rings is 1. The summed E-state index contributed by atoms with van der Waals surface area (Å²) in [5.41, 5.74) is 1.01. The van der Waals surface area contributed by atoms with Crippen molar-refractivity contribution in [1.29, 1.82) is 0 Å². The van der Waals surface area contributed by atoms with E-state index in [-0.39, 0.29) is 11.6 Å². The number of rotatable bonds is 1. The highest BCUT2D eigenvalue weighted by Gasteiger charge is 2.05. The molecule has 15 heavy (non-hydrogen) atoms. The fourth-order valence-electron chi connectivity index (χ4n) is 1.21. The second-order valence-electron chi connectivity index (χ2n) is 3.17. The highest BCUT2D eigenvalue weighted by Crippen LogP contribution is 2.17. The minimum Gasteiger partial charge on any atom is -0.236 e. The van der Waals surface area contributed by atoms with E-state index in [1.165, 1.54) is 12.3 Å². The van der Waals surface area contributed by atoms with E-state index in [0.717, 1.165) is 6.07 Å². The van der Waals surface area contributed by atoms with Gasteiger partial charge >= 0.3 is 0 Å². The fourth-order valence-corrected chi connectivity index (χ4v) is 1.21. The number of aromatic nitrogens is 2. The van der Waals surface area contributed by atoms with Gasteiger partial charge in [0.05, 0.1) is 0 Å². The van der Waals surface area contributed by atoms with Crippen molar-refractivity contribution < 1.29 is 8.78 Å². The van der Waals surface area contributed by atoms with Gasteiger partial charge in [-0.2, -0.15) is 9.37 Å². The molecule has 0 unspecified atom stereocenters. The lowest BCUT2D eigenvalue weighted by Crippen LogP contribution is -1.92. The third-order valence-corrected chi connectivity index (χ3v) is 2.05. The van der Waals surface area contributed by atoms with Crippen LogP contribution in [0.4, 0.5) is 8.78 Å². The Balaban J connectivity index is 2.50. The molecule has 0 saturated heterocycles. The minimum absolute atomic E-state index is 0.189. The second kappa shape index (κ2) is 3.73. The van der Waals surface area contributed by atoms with E-state index in [0.29, 0.717) is 11.1 Å². The molecule has 0 radical (unpaired) electrons. The number of nitrogens with zero attached hydrogens (tertiary/aromatic N) is 2. The predicted molar refractivity (Wildman–Crippen MR) is 52.1 cm³/mol. The predicted octanol–water partition coefficient (Wildman–Crippen LogP) is 2.73. The van der Waals surface area contributed by atoms with Crippen molar-refractivity contribution in [2.45, 2.75) is 6.92 Å². The average Bonchev–Trinajstić information content (AvgIpc) is 2.22. The summed E-state index contributed by atoms with van der Waals surface area (Å²) in [5, 5.41) is 0. The molecule has 0 bridgehead atoms. The van der Waals surface area contributed by atoms with Gasteiger partial charge in [0.1, 0.15) is 5.82 Å². The molecular formula is C11H8F2N2. The summed E-state index contributed by atoms with van der Waals surface area (Å²) in [5.74, 6) is -0.782. The minimum atomic E-state index is -0.624. The average molecular weight is 206 g/mol. The Hall–Kier alpha value is -1.84. The molecule has 2 nitrogen and oxygen atoms in total. The Bertz CT molecular complexity index is 498. The SMILES string of the molecule is Cc1ccc(-c2nccc(F)n2)cc1F. The van der Waals surface area contributed by atoms with E-state index in [9.17, 15) is 8.78 Å². The molecule has 0 spiro atoms. The maximum absolute atomic E-state index is 13.2. The van der Waals surface area contributed by atoms with Gasteiger partial charge in [0, 0.05) is 17.8 Å². The number of hydrogen-bond donors (Lipinski definition) is 0. The van der Waals surface area contributed by atoms with Crippen LogP contribution in [0.5, 0.6) is 0 Å². The van der Waals surface area contributed by atoms with Crippen molar-refractivity contribution in [3.05, 3.63) is 47.8 Å². The first-order valence-electron chi connectivity index (χ1n) is 4.42. The Morgan fingerprint density at radius 1 is 1.13 bits per heavy atom. The molecule has 1 aromatic heterocycles. The van der Waals surface area contributed by atoms with Gasteiger partial charge in [0.2, 0.25) is 5.95 Å². The quantitative estimate of drug-likeness (QED) is 0.670. The standard InChI is InChI=1S/C11H8F2N2/c1-7-2-3-8(6-9(7)12)11-14-5-4-10(13)15-11/h2-6H,1H3. The van der Waals surface area contributed by atoms with E-state index < -0.39 is 5.95 Å². The molecule has 2 rings (SSSR count). The van der Waals surface area contributed by atoms with E-state index in [4.69, 9.17) is 0 Å². The molecule has 0 N–H and O–H groups in total. The van der Waals surface area contributed by atoms with Gasteiger partial charge in [0.25, 0.3) is 0 Å². The first kappa shape index (κ1) is 9.71. The van der Waals surface area contributed by atoms with Crippen molar-refractivity contribution in [2.75, 3.05) is 0 Å². The summed E-state index contributed by atoms with van der Waals surface area (Å²) >= 11 is 0. The largest absolute Gasteiger partial charge is 0.236 e. The summed E-state index contributed by atoms with van der Waals surface area (Å²) in [6, 6.07) is 5.71. The second-order valence-corrected chi connectivity index (χ2v) is 3.17. The van der Waals surface area contributed by atoms with Crippen LogP contribution in [0.25, 0.3) is 11.4 Å². The molecule has 0 atom stereocenters. The van der Waals surface area contributed by atoms with Gasteiger partial charge in [-0.25, -0.2) is 9.37 Å². The summed E-state index contributed by atoms with van der Waals surface area (Å²) in [7, 11) is 0. The molecule has 1 heterocycles. The van der Waals surface area contributed by atoms with Crippen molar-refractivity contribution in [3.8, 4) is 11.4 Å². The fraction of sp³-hybridized carbons (Fsp3) is 0.0909.